The van der Waals surface area contributed by atoms with E-state index in [1.165, 1.54) is 12.0 Å². The quantitative estimate of drug-likeness (QED) is 0.784. The molecule has 0 amide bonds. The van der Waals surface area contributed by atoms with Crippen molar-refractivity contribution in [2.24, 2.45) is 5.92 Å². The van der Waals surface area contributed by atoms with E-state index < -0.39 is 0 Å². The first-order valence-corrected chi connectivity index (χ1v) is 7.55. The van der Waals surface area contributed by atoms with Gasteiger partial charge in [0.2, 0.25) is 0 Å². The van der Waals surface area contributed by atoms with E-state index in [1.807, 2.05) is 6.92 Å². The fourth-order valence-electron chi connectivity index (χ4n) is 2.99. The number of fused-ring (bicyclic) bond motifs is 1. The Morgan fingerprint density at radius 1 is 1.25 bits per heavy atom. The molecule has 1 aliphatic rings. The van der Waals surface area contributed by atoms with Crippen molar-refractivity contribution in [3.05, 3.63) is 35.0 Å². The number of ketones is 1. The summed E-state index contributed by atoms with van der Waals surface area (Å²) in [4.78, 5) is 16.0. The van der Waals surface area contributed by atoms with Gasteiger partial charge in [-0.1, -0.05) is 33.3 Å². The van der Waals surface area contributed by atoms with Gasteiger partial charge in [0.15, 0.2) is 5.78 Å². The molecule has 2 heteroatoms. The molecular formula is C18H23NO. The van der Waals surface area contributed by atoms with E-state index in [-0.39, 0.29) is 11.3 Å². The van der Waals surface area contributed by atoms with Gasteiger partial charge < -0.3 is 4.98 Å². The van der Waals surface area contributed by atoms with Crippen molar-refractivity contribution in [1.29, 1.82) is 0 Å². The van der Waals surface area contributed by atoms with E-state index in [0.717, 1.165) is 35.0 Å². The van der Waals surface area contributed by atoms with Crippen LogP contribution >= 0.6 is 0 Å². The normalized spacial score (nSPS) is 16.4. The van der Waals surface area contributed by atoms with Crippen molar-refractivity contribution in [3.63, 3.8) is 0 Å². The molecule has 0 aliphatic heterocycles. The van der Waals surface area contributed by atoms with Crippen molar-refractivity contribution in [1.82, 2.24) is 4.98 Å². The van der Waals surface area contributed by atoms with E-state index in [0.29, 0.717) is 5.78 Å². The second kappa shape index (κ2) is 4.47. The lowest BCUT2D eigenvalue weighted by Crippen LogP contribution is -2.22. The summed E-state index contributed by atoms with van der Waals surface area (Å²) < 4.78 is 0. The number of aromatic amines is 1. The van der Waals surface area contributed by atoms with Crippen LogP contribution in [0.4, 0.5) is 0 Å². The molecule has 0 spiro atoms. The van der Waals surface area contributed by atoms with Gasteiger partial charge in [-0.05, 0) is 42.9 Å². The molecule has 2 nitrogen and oxygen atoms in total. The molecule has 20 heavy (non-hydrogen) atoms. The van der Waals surface area contributed by atoms with Crippen LogP contribution in [0.15, 0.2) is 18.2 Å². The van der Waals surface area contributed by atoms with Gasteiger partial charge in [-0.3, -0.25) is 4.79 Å². The Bertz CT molecular complexity index is 669. The van der Waals surface area contributed by atoms with Crippen molar-refractivity contribution < 1.29 is 4.79 Å². The number of hydrogen-bond donors (Lipinski definition) is 1. The zero-order valence-electron chi connectivity index (χ0n) is 12.8. The molecule has 1 saturated carbocycles. The third-order valence-electron chi connectivity index (χ3n) is 4.57. The van der Waals surface area contributed by atoms with Crippen molar-refractivity contribution in [3.8, 4) is 0 Å². The highest BCUT2D eigenvalue weighted by atomic mass is 16.1. The van der Waals surface area contributed by atoms with Crippen molar-refractivity contribution in [2.75, 3.05) is 0 Å². The molecule has 3 rings (SSSR count). The Kier molecular flexibility index (Phi) is 3.00. The monoisotopic (exact) mass is 269 g/mol. The van der Waals surface area contributed by atoms with E-state index in [2.05, 4.69) is 44.0 Å². The second-order valence-corrected chi connectivity index (χ2v) is 7.13. The minimum atomic E-state index is 0.107. The number of hydrogen-bond acceptors (Lipinski definition) is 1. The standard InChI is InChI=1S/C18H23NO/c1-11-16(17(20)12-6-5-7-12)14-10-13(18(2,3)4)8-9-15(14)19-11/h8-10,12,19H,5-7H2,1-4H3. The first-order chi connectivity index (χ1) is 9.38. The van der Waals surface area contributed by atoms with E-state index in [9.17, 15) is 4.79 Å². The molecule has 106 valence electrons. The largest absolute Gasteiger partial charge is 0.358 e. The molecule has 1 aromatic carbocycles. The highest BCUT2D eigenvalue weighted by Gasteiger charge is 2.29. The maximum atomic E-state index is 12.7. The van der Waals surface area contributed by atoms with E-state index >= 15 is 0 Å². The lowest BCUT2D eigenvalue weighted by molar-refractivity contribution is 0.0856. The first-order valence-electron chi connectivity index (χ1n) is 7.55. The fraction of sp³-hybridized carbons (Fsp3) is 0.500. The lowest BCUT2D eigenvalue weighted by atomic mass is 9.79. The van der Waals surface area contributed by atoms with Gasteiger partial charge in [0.1, 0.15) is 0 Å². The van der Waals surface area contributed by atoms with Crippen LogP contribution in [-0.4, -0.2) is 10.8 Å². The number of H-pyrrole nitrogens is 1. The SMILES string of the molecule is Cc1[nH]c2ccc(C(C)(C)C)cc2c1C(=O)C1CCC1. The number of Topliss-reactive ketones (excluding diaryl/α,β-unsaturated/α-hetero) is 1. The smallest absolute Gasteiger partial charge is 0.168 e. The van der Waals surface area contributed by atoms with Gasteiger partial charge in [0.05, 0.1) is 0 Å². The van der Waals surface area contributed by atoms with Crippen LogP contribution in [0.5, 0.6) is 0 Å². The molecule has 1 heterocycles. The Hall–Kier alpha value is -1.57. The van der Waals surface area contributed by atoms with E-state index in [1.54, 1.807) is 0 Å². The highest BCUT2D eigenvalue weighted by Crippen LogP contribution is 2.35. The van der Waals surface area contributed by atoms with Gasteiger partial charge in [-0.25, -0.2) is 0 Å². The molecule has 2 aromatic rings. The zero-order valence-corrected chi connectivity index (χ0v) is 12.8. The predicted octanol–water partition coefficient (Wildman–Crippen LogP) is 4.76. The minimum Gasteiger partial charge on any atom is -0.358 e. The van der Waals surface area contributed by atoms with Gasteiger partial charge in [0.25, 0.3) is 0 Å². The Labute approximate surface area is 120 Å². The van der Waals surface area contributed by atoms with Crippen LogP contribution in [0.25, 0.3) is 10.9 Å². The van der Waals surface area contributed by atoms with E-state index in [4.69, 9.17) is 0 Å². The average Bonchev–Trinajstić information content (AvgIpc) is 2.59. The predicted molar refractivity (Wildman–Crippen MR) is 83.4 cm³/mol. The molecule has 0 unspecified atom stereocenters. The number of rotatable bonds is 2. The Morgan fingerprint density at radius 2 is 1.95 bits per heavy atom. The summed E-state index contributed by atoms with van der Waals surface area (Å²) in [6.07, 6.45) is 3.32. The third kappa shape index (κ3) is 2.07. The molecule has 1 fully saturated rings. The fourth-order valence-corrected chi connectivity index (χ4v) is 2.99. The first kappa shape index (κ1) is 13.4. The summed E-state index contributed by atoms with van der Waals surface area (Å²) >= 11 is 0. The topological polar surface area (TPSA) is 32.9 Å². The molecule has 0 radical (unpaired) electrons. The maximum Gasteiger partial charge on any atom is 0.168 e. The highest BCUT2D eigenvalue weighted by molar-refractivity contribution is 6.10. The average molecular weight is 269 g/mol. The Morgan fingerprint density at radius 3 is 2.50 bits per heavy atom. The Balaban J connectivity index is 2.15. The molecular weight excluding hydrogens is 246 g/mol. The summed E-state index contributed by atoms with van der Waals surface area (Å²) in [5.74, 6) is 0.594. The summed E-state index contributed by atoms with van der Waals surface area (Å²) in [7, 11) is 0. The number of carbonyl (C=O) groups is 1. The summed E-state index contributed by atoms with van der Waals surface area (Å²) in [6, 6.07) is 6.47. The van der Waals surface area contributed by atoms with Crippen LogP contribution in [0, 0.1) is 12.8 Å². The van der Waals surface area contributed by atoms with Crippen molar-refractivity contribution in [2.45, 2.75) is 52.4 Å². The maximum absolute atomic E-state index is 12.7. The van der Waals surface area contributed by atoms with Gasteiger partial charge in [-0.2, -0.15) is 0 Å². The molecule has 1 aliphatic carbocycles. The molecule has 0 saturated heterocycles. The lowest BCUT2D eigenvalue weighted by Gasteiger charge is -2.24. The van der Waals surface area contributed by atoms with Gasteiger partial charge in [-0.15, -0.1) is 0 Å². The van der Waals surface area contributed by atoms with Crippen LogP contribution in [-0.2, 0) is 5.41 Å². The van der Waals surface area contributed by atoms with Crippen LogP contribution in [0.1, 0.15) is 61.6 Å². The minimum absolute atomic E-state index is 0.107. The number of carbonyl (C=O) groups excluding carboxylic acids is 1. The molecule has 0 bridgehead atoms. The van der Waals surface area contributed by atoms with Gasteiger partial charge in [0, 0.05) is 28.1 Å². The summed E-state index contributed by atoms with van der Waals surface area (Å²) in [5.41, 5.74) is 4.42. The van der Waals surface area contributed by atoms with Gasteiger partial charge >= 0.3 is 0 Å². The van der Waals surface area contributed by atoms with Crippen LogP contribution in [0.3, 0.4) is 0 Å². The summed E-state index contributed by atoms with van der Waals surface area (Å²) in [5, 5.41) is 1.10. The number of nitrogens with one attached hydrogen (secondary N) is 1. The second-order valence-electron chi connectivity index (χ2n) is 7.13. The number of aromatic nitrogens is 1. The van der Waals surface area contributed by atoms with Crippen LogP contribution < -0.4 is 0 Å². The zero-order chi connectivity index (χ0) is 14.5. The van der Waals surface area contributed by atoms with Crippen LogP contribution in [0.2, 0.25) is 0 Å². The third-order valence-corrected chi connectivity index (χ3v) is 4.57. The molecule has 1 aromatic heterocycles. The number of aryl methyl sites for hydroxylation is 1. The number of benzene rings is 1. The van der Waals surface area contributed by atoms with Crippen molar-refractivity contribution >= 4 is 16.7 Å². The molecule has 0 atom stereocenters. The molecule has 1 N–H and O–H groups in total. The summed E-state index contributed by atoms with van der Waals surface area (Å²) in [6.45, 7) is 8.64.